The number of hydrogen-bond acceptors (Lipinski definition) is 5. The van der Waals surface area contributed by atoms with Gasteiger partial charge in [0.05, 0.1) is 18.5 Å². The van der Waals surface area contributed by atoms with Crippen molar-refractivity contribution in [2.45, 2.75) is 26.6 Å². The second-order valence-electron chi connectivity index (χ2n) is 7.10. The van der Waals surface area contributed by atoms with E-state index in [1.165, 1.54) is 17.7 Å². The van der Waals surface area contributed by atoms with Gasteiger partial charge in [-0.05, 0) is 55.8 Å². The van der Waals surface area contributed by atoms with Crippen LogP contribution in [0.15, 0.2) is 48.5 Å². The predicted molar refractivity (Wildman–Crippen MR) is 114 cm³/mol. The lowest BCUT2D eigenvalue weighted by atomic mass is 10.1. The van der Waals surface area contributed by atoms with Crippen molar-refractivity contribution in [3.63, 3.8) is 0 Å². The summed E-state index contributed by atoms with van der Waals surface area (Å²) in [5.41, 5.74) is 2.08. The number of rotatable bonds is 7. The largest absolute Gasteiger partial charge is 0.497 e. The van der Waals surface area contributed by atoms with Crippen molar-refractivity contribution >= 4 is 17.5 Å². The molecule has 0 saturated carbocycles. The Morgan fingerprint density at radius 2 is 1.85 bits per heavy atom. The fraction of sp³-hybridized carbons (Fsp3) is 0.273. The van der Waals surface area contributed by atoms with Gasteiger partial charge in [0.25, 0.3) is 5.91 Å². The number of nitrogens with one attached hydrogen (secondary N) is 1. The van der Waals surface area contributed by atoms with Gasteiger partial charge >= 0.3 is 12.1 Å². The standard InChI is InChI=1S/C22H22F3N5O3/c1-4-29(21(32)22(23,24)25)13-15-6-5-7-16(12-15)26-20(31)19-14(2)30(28-27-19)17-8-10-18(33-3)11-9-17/h5-12H,4,13H2,1-3H3,(H,26,31). The van der Waals surface area contributed by atoms with Crippen LogP contribution in [0.4, 0.5) is 18.9 Å². The summed E-state index contributed by atoms with van der Waals surface area (Å²) in [4.78, 5) is 25.0. The number of anilines is 1. The Kier molecular flexibility index (Phi) is 7.00. The molecule has 0 saturated heterocycles. The summed E-state index contributed by atoms with van der Waals surface area (Å²) in [6.07, 6.45) is -4.95. The first-order valence-corrected chi connectivity index (χ1v) is 9.97. The lowest BCUT2D eigenvalue weighted by molar-refractivity contribution is -0.185. The molecular formula is C22H22F3N5O3. The first-order chi connectivity index (χ1) is 15.6. The van der Waals surface area contributed by atoms with Crippen LogP contribution in [0.5, 0.6) is 5.75 Å². The zero-order chi connectivity index (χ0) is 24.2. The summed E-state index contributed by atoms with van der Waals surface area (Å²) in [6.45, 7) is 2.80. The van der Waals surface area contributed by atoms with Crippen LogP contribution in [0.1, 0.15) is 28.7 Å². The van der Waals surface area contributed by atoms with Crippen LogP contribution in [0.3, 0.4) is 0 Å². The number of amides is 2. The molecule has 0 atom stereocenters. The number of benzene rings is 2. The quantitative estimate of drug-likeness (QED) is 0.579. The Balaban J connectivity index is 1.75. The van der Waals surface area contributed by atoms with Gasteiger partial charge in [0, 0.05) is 18.8 Å². The molecular weight excluding hydrogens is 439 g/mol. The molecule has 0 aliphatic rings. The molecule has 2 amide bonds. The maximum Gasteiger partial charge on any atom is 0.471 e. The SMILES string of the molecule is CCN(Cc1cccc(NC(=O)c2nnn(-c3ccc(OC)cc3)c2C)c1)C(=O)C(F)(F)F. The van der Waals surface area contributed by atoms with E-state index in [-0.39, 0.29) is 18.8 Å². The minimum Gasteiger partial charge on any atom is -0.497 e. The van der Waals surface area contributed by atoms with Crippen LogP contribution in [-0.2, 0) is 11.3 Å². The summed E-state index contributed by atoms with van der Waals surface area (Å²) in [6, 6.07) is 13.3. The molecule has 3 aromatic rings. The molecule has 33 heavy (non-hydrogen) atoms. The number of hydrogen-bond donors (Lipinski definition) is 1. The summed E-state index contributed by atoms with van der Waals surface area (Å²) >= 11 is 0. The van der Waals surface area contributed by atoms with Crippen molar-refractivity contribution < 1.29 is 27.5 Å². The van der Waals surface area contributed by atoms with Crippen molar-refractivity contribution in [1.82, 2.24) is 19.9 Å². The van der Waals surface area contributed by atoms with Gasteiger partial charge in [0.2, 0.25) is 0 Å². The van der Waals surface area contributed by atoms with Gasteiger partial charge < -0.3 is 15.0 Å². The molecule has 0 aliphatic heterocycles. The summed E-state index contributed by atoms with van der Waals surface area (Å²) in [5.74, 6) is -1.76. The minimum absolute atomic E-state index is 0.0960. The molecule has 0 unspecified atom stereocenters. The lowest BCUT2D eigenvalue weighted by Gasteiger charge is -2.22. The second-order valence-corrected chi connectivity index (χ2v) is 7.10. The third-order valence-corrected chi connectivity index (χ3v) is 4.90. The van der Waals surface area contributed by atoms with E-state index >= 15 is 0 Å². The normalized spacial score (nSPS) is 11.2. The Morgan fingerprint density at radius 1 is 1.15 bits per heavy atom. The maximum atomic E-state index is 12.8. The van der Waals surface area contributed by atoms with E-state index in [9.17, 15) is 22.8 Å². The molecule has 0 bridgehead atoms. The second kappa shape index (κ2) is 9.72. The average Bonchev–Trinajstić information content (AvgIpc) is 3.18. The molecule has 1 aromatic heterocycles. The molecule has 3 rings (SSSR count). The highest BCUT2D eigenvalue weighted by Gasteiger charge is 2.41. The fourth-order valence-electron chi connectivity index (χ4n) is 3.17. The number of nitrogens with zero attached hydrogens (tertiary/aromatic N) is 4. The Morgan fingerprint density at radius 3 is 2.45 bits per heavy atom. The van der Waals surface area contributed by atoms with E-state index < -0.39 is 18.0 Å². The topological polar surface area (TPSA) is 89.3 Å². The van der Waals surface area contributed by atoms with Gasteiger partial charge in [0.1, 0.15) is 5.75 Å². The van der Waals surface area contributed by atoms with E-state index in [2.05, 4.69) is 15.6 Å². The van der Waals surface area contributed by atoms with Crippen LogP contribution >= 0.6 is 0 Å². The highest BCUT2D eigenvalue weighted by Crippen LogP contribution is 2.22. The molecule has 0 aliphatic carbocycles. The van der Waals surface area contributed by atoms with Crippen molar-refractivity contribution in [1.29, 1.82) is 0 Å². The molecule has 1 N–H and O–H groups in total. The number of carbonyl (C=O) groups excluding carboxylic acids is 2. The van der Waals surface area contributed by atoms with Crippen molar-refractivity contribution in [2.75, 3.05) is 19.0 Å². The van der Waals surface area contributed by atoms with Crippen molar-refractivity contribution in [2.24, 2.45) is 0 Å². The zero-order valence-corrected chi connectivity index (χ0v) is 18.2. The van der Waals surface area contributed by atoms with Crippen LogP contribution in [0.25, 0.3) is 5.69 Å². The third-order valence-electron chi connectivity index (χ3n) is 4.90. The highest BCUT2D eigenvalue weighted by atomic mass is 19.4. The average molecular weight is 461 g/mol. The molecule has 174 valence electrons. The number of ether oxygens (including phenoxy) is 1. The van der Waals surface area contributed by atoms with Gasteiger partial charge in [-0.1, -0.05) is 17.3 Å². The van der Waals surface area contributed by atoms with Gasteiger partial charge in [-0.2, -0.15) is 13.2 Å². The smallest absolute Gasteiger partial charge is 0.471 e. The number of methoxy groups -OCH3 is 1. The van der Waals surface area contributed by atoms with Crippen molar-refractivity contribution in [3.8, 4) is 11.4 Å². The molecule has 1 heterocycles. The first kappa shape index (κ1) is 23.8. The van der Waals surface area contributed by atoms with Gasteiger partial charge in [0.15, 0.2) is 5.69 Å². The van der Waals surface area contributed by atoms with Crippen molar-refractivity contribution in [3.05, 3.63) is 65.5 Å². The Bertz CT molecular complexity index is 1140. The van der Waals surface area contributed by atoms with Gasteiger partial charge in [-0.25, -0.2) is 4.68 Å². The monoisotopic (exact) mass is 461 g/mol. The fourth-order valence-corrected chi connectivity index (χ4v) is 3.17. The number of aromatic nitrogens is 3. The zero-order valence-electron chi connectivity index (χ0n) is 18.2. The van der Waals surface area contributed by atoms with Crippen LogP contribution < -0.4 is 10.1 Å². The molecule has 8 nitrogen and oxygen atoms in total. The number of halogens is 3. The summed E-state index contributed by atoms with van der Waals surface area (Å²) < 4.78 is 44.9. The summed E-state index contributed by atoms with van der Waals surface area (Å²) in [7, 11) is 1.56. The lowest BCUT2D eigenvalue weighted by Crippen LogP contribution is -2.40. The van der Waals surface area contributed by atoms with E-state index in [1.807, 2.05) is 0 Å². The molecule has 0 spiro atoms. The van der Waals surface area contributed by atoms with E-state index in [0.29, 0.717) is 33.3 Å². The van der Waals surface area contributed by atoms with Gasteiger partial charge in [-0.3, -0.25) is 9.59 Å². The van der Waals surface area contributed by atoms with Crippen LogP contribution in [-0.4, -0.2) is 51.5 Å². The first-order valence-electron chi connectivity index (χ1n) is 9.97. The summed E-state index contributed by atoms with van der Waals surface area (Å²) in [5, 5.41) is 10.7. The van der Waals surface area contributed by atoms with E-state index in [4.69, 9.17) is 4.74 Å². The Hall–Kier alpha value is -3.89. The molecule has 0 fully saturated rings. The predicted octanol–water partition coefficient (Wildman–Crippen LogP) is 3.75. The molecule has 0 radical (unpaired) electrons. The minimum atomic E-state index is -4.95. The third kappa shape index (κ3) is 5.48. The highest BCUT2D eigenvalue weighted by molar-refractivity contribution is 6.03. The van der Waals surface area contributed by atoms with E-state index in [0.717, 1.165) is 0 Å². The van der Waals surface area contributed by atoms with Crippen LogP contribution in [0, 0.1) is 6.92 Å². The maximum absolute atomic E-state index is 12.8. The molecule has 2 aromatic carbocycles. The molecule has 11 heteroatoms. The van der Waals surface area contributed by atoms with Crippen LogP contribution in [0.2, 0.25) is 0 Å². The van der Waals surface area contributed by atoms with E-state index in [1.54, 1.807) is 56.5 Å². The van der Waals surface area contributed by atoms with Gasteiger partial charge in [-0.15, -0.1) is 5.10 Å². The number of carbonyl (C=O) groups is 2. The number of alkyl halides is 3. The Labute approximate surface area is 188 Å².